The monoisotopic (exact) mass is 290 g/mol. The van der Waals surface area contributed by atoms with Crippen LogP contribution in [0.2, 0.25) is 0 Å². The number of hydrogen-bond acceptors (Lipinski definition) is 5. The Bertz CT molecular complexity index is 546. The highest BCUT2D eigenvalue weighted by Crippen LogP contribution is 2.25. The molecule has 1 aliphatic heterocycles. The van der Waals surface area contributed by atoms with Crippen LogP contribution in [0.25, 0.3) is 5.57 Å². The van der Waals surface area contributed by atoms with Gasteiger partial charge in [0.1, 0.15) is 11.4 Å². The van der Waals surface area contributed by atoms with Gasteiger partial charge in [-0.05, 0) is 51.8 Å². The van der Waals surface area contributed by atoms with Crippen LogP contribution in [0.1, 0.15) is 39.8 Å². The summed E-state index contributed by atoms with van der Waals surface area (Å²) in [6.07, 6.45) is 2.46. The lowest BCUT2D eigenvalue weighted by Crippen LogP contribution is -2.43. The van der Waals surface area contributed by atoms with Crippen molar-refractivity contribution in [2.75, 3.05) is 12.3 Å². The lowest BCUT2D eigenvalue weighted by Gasteiger charge is -2.33. The predicted octanol–water partition coefficient (Wildman–Crippen LogP) is 2.47. The maximum absolute atomic E-state index is 12.1. The van der Waals surface area contributed by atoms with Gasteiger partial charge in [-0.15, -0.1) is 10.2 Å². The molecule has 2 heterocycles. The van der Waals surface area contributed by atoms with E-state index >= 15 is 0 Å². The van der Waals surface area contributed by atoms with Crippen LogP contribution in [0, 0.1) is 0 Å². The Hall–Kier alpha value is -2.11. The largest absolute Gasteiger partial charge is 0.444 e. The molecule has 6 heteroatoms. The van der Waals surface area contributed by atoms with E-state index in [1.54, 1.807) is 11.0 Å². The van der Waals surface area contributed by atoms with Gasteiger partial charge in [0.25, 0.3) is 0 Å². The topological polar surface area (TPSA) is 81.3 Å². The zero-order valence-electron chi connectivity index (χ0n) is 13.0. The fraction of sp³-hybridized carbons (Fsp3) is 0.533. The van der Waals surface area contributed by atoms with E-state index in [2.05, 4.69) is 10.2 Å². The number of anilines is 1. The maximum atomic E-state index is 12.1. The van der Waals surface area contributed by atoms with E-state index < -0.39 is 5.60 Å². The molecule has 0 spiro atoms. The summed E-state index contributed by atoms with van der Waals surface area (Å²) in [6, 6.07) is 3.54. The molecule has 1 amide bonds. The first kappa shape index (κ1) is 15.3. The molecule has 2 rings (SSSR count). The number of amides is 1. The Morgan fingerprint density at radius 1 is 1.38 bits per heavy atom. The average molecular weight is 290 g/mol. The van der Waals surface area contributed by atoms with Crippen LogP contribution in [-0.4, -0.2) is 39.4 Å². The summed E-state index contributed by atoms with van der Waals surface area (Å²) in [4.78, 5) is 13.9. The van der Waals surface area contributed by atoms with Gasteiger partial charge in [-0.2, -0.15) is 0 Å². The van der Waals surface area contributed by atoms with Gasteiger partial charge in [0, 0.05) is 6.54 Å². The highest BCUT2D eigenvalue weighted by Gasteiger charge is 2.28. The van der Waals surface area contributed by atoms with Crippen molar-refractivity contribution in [2.24, 2.45) is 0 Å². The molecular formula is C15H22N4O2. The predicted molar refractivity (Wildman–Crippen MR) is 81.4 cm³/mol. The number of aromatic nitrogens is 2. The van der Waals surface area contributed by atoms with E-state index in [1.165, 1.54) is 0 Å². The van der Waals surface area contributed by atoms with E-state index in [4.69, 9.17) is 10.5 Å². The van der Waals surface area contributed by atoms with E-state index in [9.17, 15) is 4.79 Å². The number of nitrogens with zero attached hydrogens (tertiary/aromatic N) is 3. The number of rotatable bonds is 1. The molecule has 0 aromatic carbocycles. The molecule has 0 radical (unpaired) electrons. The number of carbonyl (C=O) groups is 1. The van der Waals surface area contributed by atoms with Crippen molar-refractivity contribution in [1.29, 1.82) is 0 Å². The van der Waals surface area contributed by atoms with E-state index in [-0.39, 0.29) is 12.1 Å². The van der Waals surface area contributed by atoms with Crippen molar-refractivity contribution in [3.05, 3.63) is 23.9 Å². The van der Waals surface area contributed by atoms with Crippen molar-refractivity contribution in [1.82, 2.24) is 15.1 Å². The van der Waals surface area contributed by atoms with Crippen LogP contribution in [-0.2, 0) is 4.74 Å². The molecule has 2 N–H and O–H groups in total. The Kier molecular flexibility index (Phi) is 4.16. The van der Waals surface area contributed by atoms with Crippen LogP contribution in [0.4, 0.5) is 10.6 Å². The molecule has 6 nitrogen and oxygen atoms in total. The molecule has 1 atom stereocenters. The Balaban J connectivity index is 2.10. The van der Waals surface area contributed by atoms with E-state index in [0.29, 0.717) is 12.4 Å². The number of nitrogens with two attached hydrogens (primary N) is 1. The second kappa shape index (κ2) is 5.71. The zero-order chi connectivity index (χ0) is 15.6. The third-order valence-corrected chi connectivity index (χ3v) is 3.20. The summed E-state index contributed by atoms with van der Waals surface area (Å²) in [5.74, 6) is 0.401. The van der Waals surface area contributed by atoms with Crippen LogP contribution >= 0.6 is 0 Å². The summed E-state index contributed by atoms with van der Waals surface area (Å²) < 4.78 is 5.42. The van der Waals surface area contributed by atoms with Crippen molar-refractivity contribution >= 4 is 17.5 Å². The van der Waals surface area contributed by atoms with Gasteiger partial charge in [-0.25, -0.2) is 4.79 Å². The van der Waals surface area contributed by atoms with Gasteiger partial charge in [-0.3, -0.25) is 0 Å². The summed E-state index contributed by atoms with van der Waals surface area (Å²) in [5, 5.41) is 7.95. The second-order valence-corrected chi connectivity index (χ2v) is 6.20. The molecular weight excluding hydrogens is 268 g/mol. The van der Waals surface area contributed by atoms with Crippen molar-refractivity contribution in [3.63, 3.8) is 0 Å². The molecule has 114 valence electrons. The number of nitrogen functional groups attached to an aromatic ring is 1. The summed E-state index contributed by atoms with van der Waals surface area (Å²) >= 11 is 0. The first-order valence-corrected chi connectivity index (χ1v) is 7.06. The third kappa shape index (κ3) is 3.93. The number of carbonyl (C=O) groups excluding carboxylic acids is 1. The Morgan fingerprint density at radius 3 is 2.62 bits per heavy atom. The molecule has 1 aliphatic rings. The summed E-state index contributed by atoms with van der Waals surface area (Å²) in [5.41, 5.74) is 6.94. The van der Waals surface area contributed by atoms with Crippen molar-refractivity contribution < 1.29 is 9.53 Å². The lowest BCUT2D eigenvalue weighted by atomic mass is 10.0. The van der Waals surface area contributed by atoms with Crippen LogP contribution in [0.15, 0.2) is 18.2 Å². The number of hydrogen-bond donors (Lipinski definition) is 1. The first-order valence-electron chi connectivity index (χ1n) is 7.06. The fourth-order valence-electron chi connectivity index (χ4n) is 2.21. The standard InChI is InChI=1S/C15H22N4O2/c1-10-9-11(12-5-6-13(16)18-17-12)7-8-19(10)14(20)21-15(2,3)4/h5-6,9-10H,7-8H2,1-4H3,(H2,16,18)/t10-/m1/s1. The van der Waals surface area contributed by atoms with Gasteiger partial charge in [0.2, 0.25) is 0 Å². The molecule has 0 saturated heterocycles. The van der Waals surface area contributed by atoms with Gasteiger partial charge in [0.15, 0.2) is 0 Å². The molecule has 1 aromatic heterocycles. The van der Waals surface area contributed by atoms with Gasteiger partial charge >= 0.3 is 6.09 Å². The molecule has 0 saturated carbocycles. The molecule has 0 aliphatic carbocycles. The summed E-state index contributed by atoms with van der Waals surface area (Å²) in [6.45, 7) is 8.17. The van der Waals surface area contributed by atoms with Gasteiger partial charge in [-0.1, -0.05) is 6.08 Å². The highest BCUT2D eigenvalue weighted by atomic mass is 16.6. The minimum absolute atomic E-state index is 0.0389. The average Bonchev–Trinajstić information content (AvgIpc) is 2.37. The minimum Gasteiger partial charge on any atom is -0.444 e. The molecule has 0 fully saturated rings. The van der Waals surface area contributed by atoms with Crippen molar-refractivity contribution in [2.45, 2.75) is 45.8 Å². The highest BCUT2D eigenvalue weighted by molar-refractivity contribution is 5.72. The minimum atomic E-state index is -0.483. The first-order chi connectivity index (χ1) is 9.76. The SMILES string of the molecule is C[C@@H]1C=C(c2ccc(N)nn2)CCN1C(=O)OC(C)(C)C. The van der Waals surface area contributed by atoms with Crippen LogP contribution < -0.4 is 5.73 Å². The second-order valence-electron chi connectivity index (χ2n) is 6.20. The number of ether oxygens (including phenoxy) is 1. The third-order valence-electron chi connectivity index (χ3n) is 3.20. The zero-order valence-corrected chi connectivity index (χ0v) is 13.0. The smallest absolute Gasteiger partial charge is 0.410 e. The molecule has 21 heavy (non-hydrogen) atoms. The Morgan fingerprint density at radius 2 is 2.10 bits per heavy atom. The Labute approximate surface area is 125 Å². The molecule has 0 bridgehead atoms. The van der Waals surface area contributed by atoms with Crippen LogP contribution in [0.3, 0.4) is 0 Å². The maximum Gasteiger partial charge on any atom is 0.410 e. The van der Waals surface area contributed by atoms with Crippen molar-refractivity contribution in [3.8, 4) is 0 Å². The van der Waals surface area contributed by atoms with E-state index in [1.807, 2.05) is 39.8 Å². The van der Waals surface area contributed by atoms with E-state index in [0.717, 1.165) is 17.7 Å². The normalized spacial score (nSPS) is 19.1. The fourth-order valence-corrected chi connectivity index (χ4v) is 2.21. The molecule has 0 unspecified atom stereocenters. The molecule has 1 aromatic rings. The van der Waals surface area contributed by atoms with Gasteiger partial charge < -0.3 is 15.4 Å². The van der Waals surface area contributed by atoms with Crippen LogP contribution in [0.5, 0.6) is 0 Å². The quantitative estimate of drug-likeness (QED) is 0.859. The summed E-state index contributed by atoms with van der Waals surface area (Å²) in [7, 11) is 0. The lowest BCUT2D eigenvalue weighted by molar-refractivity contribution is 0.0209. The van der Waals surface area contributed by atoms with Gasteiger partial charge in [0.05, 0.1) is 11.7 Å².